The van der Waals surface area contributed by atoms with E-state index in [4.69, 9.17) is 5.11 Å². The van der Waals surface area contributed by atoms with E-state index in [0.717, 1.165) is 6.42 Å². The Hall–Kier alpha value is -1.36. The number of hydrogen-bond donors (Lipinski definition) is 2. The summed E-state index contributed by atoms with van der Waals surface area (Å²) in [5.74, 6) is -1.57. The number of aromatic carboxylic acids is 1. The lowest BCUT2D eigenvalue weighted by molar-refractivity contribution is 0.0690. The minimum absolute atomic E-state index is 0.414. The molecular weight excluding hydrogens is 217 g/mol. The molecule has 3 nitrogen and oxygen atoms in total. The number of carbonyl (C=O) groups is 1. The van der Waals surface area contributed by atoms with Crippen molar-refractivity contribution in [3.05, 3.63) is 35.4 Å². The molecule has 1 aromatic heterocycles. The van der Waals surface area contributed by atoms with Crippen molar-refractivity contribution in [3.63, 3.8) is 0 Å². The van der Waals surface area contributed by atoms with Gasteiger partial charge < -0.3 is 5.11 Å². The number of halogens is 1. The van der Waals surface area contributed by atoms with Gasteiger partial charge in [-0.15, -0.1) is 0 Å². The van der Waals surface area contributed by atoms with Crippen LogP contribution in [0.1, 0.15) is 22.3 Å². The van der Waals surface area contributed by atoms with Gasteiger partial charge in [0.2, 0.25) is 5.95 Å². The van der Waals surface area contributed by atoms with Gasteiger partial charge in [0.1, 0.15) is 5.56 Å². The van der Waals surface area contributed by atoms with Gasteiger partial charge in [-0.3, -0.25) is 0 Å². The lowest BCUT2D eigenvalue weighted by atomic mass is 10.2. The zero-order valence-electron chi connectivity index (χ0n) is 7.85. The maximum Gasteiger partial charge on any atom is 0.340 e. The van der Waals surface area contributed by atoms with Crippen molar-refractivity contribution in [1.82, 2.24) is 4.98 Å². The summed E-state index contributed by atoms with van der Waals surface area (Å²) in [5.41, 5.74) is 0.151. The number of thiol groups is 1. The van der Waals surface area contributed by atoms with Crippen LogP contribution in [0, 0.1) is 5.95 Å². The number of nitrogens with zero attached hydrogens (tertiary/aromatic N) is 1. The Labute approximate surface area is 92.1 Å². The first-order valence-corrected chi connectivity index (χ1v) is 4.94. The van der Waals surface area contributed by atoms with Gasteiger partial charge in [-0.05, 0) is 23.8 Å². The average Bonchev–Trinajstić information content (AvgIpc) is 2.20. The molecule has 5 heteroatoms. The van der Waals surface area contributed by atoms with Crippen LogP contribution in [0.3, 0.4) is 0 Å². The maximum absolute atomic E-state index is 12.9. The molecular formula is C10H10FNO2S. The molecule has 0 radical (unpaired) electrons. The molecule has 1 heterocycles. The van der Waals surface area contributed by atoms with Crippen LogP contribution in [0.25, 0.3) is 6.08 Å². The summed E-state index contributed by atoms with van der Waals surface area (Å²) in [7, 11) is 0. The number of allylic oxidation sites excluding steroid dienone is 1. The van der Waals surface area contributed by atoms with E-state index in [2.05, 4.69) is 17.6 Å². The van der Waals surface area contributed by atoms with Crippen molar-refractivity contribution in [2.45, 2.75) is 6.42 Å². The molecule has 0 aromatic carbocycles. The first kappa shape index (κ1) is 11.7. The van der Waals surface area contributed by atoms with Gasteiger partial charge >= 0.3 is 5.97 Å². The van der Waals surface area contributed by atoms with Gasteiger partial charge in [0, 0.05) is 6.20 Å². The summed E-state index contributed by atoms with van der Waals surface area (Å²) < 4.78 is 12.9. The van der Waals surface area contributed by atoms with Crippen LogP contribution < -0.4 is 0 Å². The average molecular weight is 227 g/mol. The van der Waals surface area contributed by atoms with Gasteiger partial charge in [0.15, 0.2) is 0 Å². The highest BCUT2D eigenvalue weighted by Gasteiger charge is 2.10. The Bertz CT molecular complexity index is 393. The first-order chi connectivity index (χ1) is 7.15. The van der Waals surface area contributed by atoms with E-state index < -0.39 is 17.5 Å². The van der Waals surface area contributed by atoms with E-state index in [1.54, 1.807) is 6.08 Å². The number of hydrogen-bond acceptors (Lipinski definition) is 3. The number of carboxylic acid groups (broad SMARTS) is 1. The molecule has 0 spiro atoms. The fraction of sp³-hybridized carbons (Fsp3) is 0.200. The molecule has 0 bridgehead atoms. The third-order valence-corrected chi connectivity index (χ3v) is 1.95. The van der Waals surface area contributed by atoms with Crippen LogP contribution in [0.15, 0.2) is 18.3 Å². The standard InChI is InChI=1S/C10H10FNO2S/c11-9-8(10(13)14)5-7(6-12-9)3-1-2-4-15/h1,3,5-6,15H,2,4H2,(H,13,14). The van der Waals surface area contributed by atoms with E-state index in [0.29, 0.717) is 11.3 Å². The molecule has 0 amide bonds. The maximum atomic E-state index is 12.9. The number of aromatic nitrogens is 1. The number of pyridine rings is 1. The number of carboxylic acids is 1. The van der Waals surface area contributed by atoms with Crippen molar-refractivity contribution >= 4 is 24.7 Å². The van der Waals surface area contributed by atoms with Crippen LogP contribution in [-0.4, -0.2) is 21.8 Å². The molecule has 0 unspecified atom stereocenters. The molecule has 1 aromatic rings. The Kier molecular flexibility index (Phi) is 4.30. The third kappa shape index (κ3) is 3.36. The SMILES string of the molecule is O=C(O)c1cc(C=CCCS)cnc1F. The molecule has 1 rings (SSSR count). The minimum atomic E-state index is -1.32. The van der Waals surface area contributed by atoms with Gasteiger partial charge in [0.25, 0.3) is 0 Å². The normalized spacial score (nSPS) is 10.8. The summed E-state index contributed by atoms with van der Waals surface area (Å²) in [6.07, 6.45) is 5.57. The number of rotatable bonds is 4. The Morgan fingerprint density at radius 3 is 3.00 bits per heavy atom. The Morgan fingerprint density at radius 1 is 1.67 bits per heavy atom. The zero-order chi connectivity index (χ0) is 11.3. The predicted octanol–water partition coefficient (Wildman–Crippen LogP) is 2.25. The second-order valence-electron chi connectivity index (χ2n) is 2.83. The van der Waals surface area contributed by atoms with Crippen molar-refractivity contribution in [2.24, 2.45) is 0 Å². The van der Waals surface area contributed by atoms with Gasteiger partial charge in [-0.1, -0.05) is 12.2 Å². The molecule has 1 N–H and O–H groups in total. The van der Waals surface area contributed by atoms with Crippen molar-refractivity contribution in [1.29, 1.82) is 0 Å². The lowest BCUT2D eigenvalue weighted by Gasteiger charge is -1.98. The fourth-order valence-electron chi connectivity index (χ4n) is 0.999. The van der Waals surface area contributed by atoms with Crippen LogP contribution in [-0.2, 0) is 0 Å². The van der Waals surface area contributed by atoms with Crippen molar-refractivity contribution < 1.29 is 14.3 Å². The molecule has 0 saturated heterocycles. The van der Waals surface area contributed by atoms with Crippen LogP contribution >= 0.6 is 12.6 Å². The topological polar surface area (TPSA) is 50.2 Å². The summed E-state index contributed by atoms with van der Waals surface area (Å²) in [4.78, 5) is 13.9. The lowest BCUT2D eigenvalue weighted by Crippen LogP contribution is -2.02. The highest BCUT2D eigenvalue weighted by atomic mass is 32.1. The molecule has 15 heavy (non-hydrogen) atoms. The van der Waals surface area contributed by atoms with Gasteiger partial charge in [0.05, 0.1) is 0 Å². The summed E-state index contributed by atoms with van der Waals surface area (Å²) >= 11 is 4.02. The first-order valence-electron chi connectivity index (χ1n) is 4.31. The smallest absolute Gasteiger partial charge is 0.340 e. The monoisotopic (exact) mass is 227 g/mol. The van der Waals surface area contributed by atoms with E-state index in [9.17, 15) is 9.18 Å². The third-order valence-electron chi connectivity index (χ3n) is 1.70. The van der Waals surface area contributed by atoms with E-state index in [-0.39, 0.29) is 0 Å². The highest BCUT2D eigenvalue weighted by Crippen LogP contribution is 2.09. The van der Waals surface area contributed by atoms with Crippen molar-refractivity contribution in [2.75, 3.05) is 5.75 Å². The van der Waals surface area contributed by atoms with Crippen LogP contribution in [0.2, 0.25) is 0 Å². The Balaban J connectivity index is 2.92. The minimum Gasteiger partial charge on any atom is -0.478 e. The van der Waals surface area contributed by atoms with Gasteiger partial charge in [-0.25, -0.2) is 9.78 Å². The quantitative estimate of drug-likeness (QED) is 0.612. The Morgan fingerprint density at radius 2 is 2.40 bits per heavy atom. The summed E-state index contributed by atoms with van der Waals surface area (Å²) in [5, 5.41) is 8.65. The molecule has 0 atom stereocenters. The predicted molar refractivity (Wildman–Crippen MR) is 58.7 cm³/mol. The molecule has 0 fully saturated rings. The summed E-state index contributed by atoms with van der Waals surface area (Å²) in [6, 6.07) is 1.25. The molecule has 0 aliphatic rings. The second kappa shape index (κ2) is 5.50. The zero-order valence-corrected chi connectivity index (χ0v) is 8.75. The highest BCUT2D eigenvalue weighted by molar-refractivity contribution is 7.80. The fourth-order valence-corrected chi connectivity index (χ4v) is 1.15. The second-order valence-corrected chi connectivity index (χ2v) is 3.27. The van der Waals surface area contributed by atoms with Crippen LogP contribution in [0.4, 0.5) is 4.39 Å². The molecule has 0 saturated carbocycles. The molecule has 80 valence electrons. The summed E-state index contributed by atoms with van der Waals surface area (Å²) in [6.45, 7) is 0. The van der Waals surface area contributed by atoms with Crippen molar-refractivity contribution in [3.8, 4) is 0 Å². The molecule has 0 aliphatic carbocycles. The van der Waals surface area contributed by atoms with E-state index in [1.807, 2.05) is 6.08 Å². The van der Waals surface area contributed by atoms with Crippen LogP contribution in [0.5, 0.6) is 0 Å². The van der Waals surface area contributed by atoms with E-state index in [1.165, 1.54) is 12.3 Å². The van der Waals surface area contributed by atoms with Gasteiger partial charge in [-0.2, -0.15) is 17.0 Å². The largest absolute Gasteiger partial charge is 0.478 e. The molecule has 0 aliphatic heterocycles. The van der Waals surface area contributed by atoms with E-state index >= 15 is 0 Å².